The van der Waals surface area contributed by atoms with Crippen molar-refractivity contribution in [3.8, 4) is 5.75 Å². The number of amides is 2. The maximum atomic E-state index is 12.4. The van der Waals surface area contributed by atoms with Crippen LogP contribution in [0.15, 0.2) is 24.3 Å². The molecule has 0 atom stereocenters. The van der Waals surface area contributed by atoms with Crippen LogP contribution in [0, 0.1) is 0 Å². The van der Waals surface area contributed by atoms with Gasteiger partial charge in [0.15, 0.2) is 4.84 Å². The summed E-state index contributed by atoms with van der Waals surface area (Å²) in [5.74, 6) is 0.236. The van der Waals surface area contributed by atoms with Crippen LogP contribution in [-0.4, -0.2) is 47.8 Å². The van der Waals surface area contributed by atoms with E-state index in [0.717, 1.165) is 0 Å². The molecule has 1 aliphatic heterocycles. The second-order valence-electron chi connectivity index (χ2n) is 5.11. The third-order valence-corrected chi connectivity index (χ3v) is 4.04. The molecule has 0 unspecified atom stereocenters. The number of piperidine rings is 1. The summed E-state index contributed by atoms with van der Waals surface area (Å²) in [6.07, 6.45) is 1.36. The number of alkyl halides is 2. The fourth-order valence-electron chi connectivity index (χ4n) is 2.43. The molecule has 1 N–H and O–H groups in total. The van der Waals surface area contributed by atoms with Crippen molar-refractivity contribution in [2.75, 3.05) is 20.2 Å². The zero-order valence-electron chi connectivity index (χ0n) is 12.2. The van der Waals surface area contributed by atoms with Crippen molar-refractivity contribution in [3.63, 3.8) is 0 Å². The van der Waals surface area contributed by atoms with Gasteiger partial charge in [-0.15, -0.1) is 0 Å². The number of hydrogen-bond acceptors (Lipinski definition) is 3. The Labute approximate surface area is 139 Å². The van der Waals surface area contributed by atoms with Gasteiger partial charge >= 0.3 is 0 Å². The van der Waals surface area contributed by atoms with Gasteiger partial charge in [-0.2, -0.15) is 0 Å². The highest BCUT2D eigenvalue weighted by molar-refractivity contribution is 6.53. The van der Waals surface area contributed by atoms with E-state index in [1.165, 1.54) is 0 Å². The van der Waals surface area contributed by atoms with E-state index in [4.69, 9.17) is 27.9 Å². The lowest BCUT2D eigenvalue weighted by molar-refractivity contribution is -0.120. The van der Waals surface area contributed by atoms with Gasteiger partial charge in [-0.1, -0.05) is 29.3 Å². The molecule has 0 radical (unpaired) electrons. The number of likely N-dealkylation sites (tertiary alicyclic amines) is 1. The summed E-state index contributed by atoms with van der Waals surface area (Å²) in [6.45, 7) is 1.16. The fourth-order valence-corrected chi connectivity index (χ4v) is 2.56. The Morgan fingerprint density at radius 1 is 1.32 bits per heavy atom. The molecule has 120 valence electrons. The molecule has 5 nitrogen and oxygen atoms in total. The van der Waals surface area contributed by atoms with Gasteiger partial charge in [0.2, 0.25) is 0 Å². The van der Waals surface area contributed by atoms with Crippen molar-refractivity contribution < 1.29 is 14.3 Å². The van der Waals surface area contributed by atoms with Crippen molar-refractivity contribution in [2.24, 2.45) is 0 Å². The Hall–Kier alpha value is -1.46. The zero-order valence-corrected chi connectivity index (χ0v) is 13.7. The number of benzene rings is 1. The Morgan fingerprint density at radius 2 is 2.00 bits per heavy atom. The first-order chi connectivity index (χ1) is 10.5. The van der Waals surface area contributed by atoms with Crippen LogP contribution in [0.2, 0.25) is 0 Å². The number of ether oxygens (including phenoxy) is 1. The predicted molar refractivity (Wildman–Crippen MR) is 85.6 cm³/mol. The van der Waals surface area contributed by atoms with E-state index in [2.05, 4.69) is 5.32 Å². The maximum absolute atomic E-state index is 12.4. The van der Waals surface area contributed by atoms with Crippen LogP contribution in [0.1, 0.15) is 23.2 Å². The number of nitrogens with one attached hydrogen (secondary N) is 1. The number of hydrogen-bond donors (Lipinski definition) is 1. The molecule has 1 aliphatic rings. The molecule has 7 heteroatoms. The molecular weight excluding hydrogens is 327 g/mol. The maximum Gasteiger partial charge on any atom is 0.253 e. The smallest absolute Gasteiger partial charge is 0.253 e. The molecule has 0 saturated carbocycles. The summed E-state index contributed by atoms with van der Waals surface area (Å²) in [5, 5.41) is 2.77. The molecule has 0 spiro atoms. The summed E-state index contributed by atoms with van der Waals surface area (Å²) in [6, 6.07) is 7.08. The molecular formula is C15H18Cl2N2O3. The Kier molecular flexibility index (Phi) is 5.91. The van der Waals surface area contributed by atoms with Gasteiger partial charge in [0.05, 0.1) is 7.11 Å². The molecule has 2 rings (SSSR count). The van der Waals surface area contributed by atoms with Crippen molar-refractivity contribution in [1.82, 2.24) is 10.2 Å². The van der Waals surface area contributed by atoms with Gasteiger partial charge in [0.1, 0.15) is 5.75 Å². The second kappa shape index (κ2) is 7.70. The molecule has 1 aromatic rings. The van der Waals surface area contributed by atoms with Gasteiger partial charge in [-0.3, -0.25) is 9.59 Å². The normalized spacial score (nSPS) is 15.7. The summed E-state index contributed by atoms with van der Waals surface area (Å²) in [7, 11) is 1.57. The summed E-state index contributed by atoms with van der Waals surface area (Å²) in [5.41, 5.74) is 0.600. The minimum atomic E-state index is -1.06. The highest BCUT2D eigenvalue weighted by Crippen LogP contribution is 2.18. The van der Waals surface area contributed by atoms with Crippen LogP contribution in [0.4, 0.5) is 0 Å². The largest absolute Gasteiger partial charge is 0.497 e. The van der Waals surface area contributed by atoms with Crippen molar-refractivity contribution in [2.45, 2.75) is 23.7 Å². The first kappa shape index (κ1) is 16.9. The first-order valence-corrected chi connectivity index (χ1v) is 7.90. The summed E-state index contributed by atoms with van der Waals surface area (Å²) >= 11 is 11.0. The third kappa shape index (κ3) is 4.27. The lowest BCUT2D eigenvalue weighted by Gasteiger charge is -2.32. The number of carbonyl (C=O) groups is 2. The minimum Gasteiger partial charge on any atom is -0.497 e. The molecule has 1 fully saturated rings. The van der Waals surface area contributed by atoms with Crippen LogP contribution in [0.3, 0.4) is 0 Å². The van der Waals surface area contributed by atoms with Crippen LogP contribution >= 0.6 is 23.2 Å². The van der Waals surface area contributed by atoms with Crippen molar-refractivity contribution in [3.05, 3.63) is 29.8 Å². The molecule has 1 saturated heterocycles. The molecule has 22 heavy (non-hydrogen) atoms. The predicted octanol–water partition coefficient (Wildman–Crippen LogP) is 2.22. The van der Waals surface area contributed by atoms with Gasteiger partial charge in [-0.25, -0.2) is 0 Å². The first-order valence-electron chi connectivity index (χ1n) is 7.03. The van der Waals surface area contributed by atoms with Gasteiger partial charge in [0, 0.05) is 24.7 Å². The lowest BCUT2D eigenvalue weighted by atomic mass is 10.0. The van der Waals surface area contributed by atoms with Crippen LogP contribution in [-0.2, 0) is 4.79 Å². The summed E-state index contributed by atoms with van der Waals surface area (Å²) in [4.78, 5) is 24.6. The Bertz CT molecular complexity index is 543. The number of rotatable bonds is 4. The highest BCUT2D eigenvalue weighted by Gasteiger charge is 2.25. The fraction of sp³-hybridized carbons (Fsp3) is 0.467. The zero-order chi connectivity index (χ0) is 16.1. The number of carbonyl (C=O) groups excluding carboxylic acids is 2. The third-order valence-electron chi connectivity index (χ3n) is 3.64. The van der Waals surface area contributed by atoms with Gasteiger partial charge in [-0.05, 0) is 31.0 Å². The van der Waals surface area contributed by atoms with E-state index in [0.29, 0.717) is 37.2 Å². The molecule has 2 amide bonds. The highest BCUT2D eigenvalue weighted by atomic mass is 35.5. The number of halogens is 2. The molecule has 1 heterocycles. The summed E-state index contributed by atoms with van der Waals surface area (Å²) < 4.78 is 5.13. The average molecular weight is 345 g/mol. The van der Waals surface area contributed by atoms with E-state index in [9.17, 15) is 9.59 Å². The second-order valence-corrected chi connectivity index (χ2v) is 6.20. The number of methoxy groups -OCH3 is 1. The van der Waals surface area contributed by atoms with E-state index in [1.54, 1.807) is 36.3 Å². The number of nitrogens with zero attached hydrogens (tertiary/aromatic N) is 1. The minimum absolute atomic E-state index is 0.00172. The lowest BCUT2D eigenvalue weighted by Crippen LogP contribution is -2.47. The standard InChI is InChI=1S/C15H18Cl2N2O3/c1-22-12-4-2-3-10(9-12)15(21)19-7-5-11(6-8-19)18-14(20)13(16)17/h2-4,9,11,13H,5-8H2,1H3,(H,18,20). The SMILES string of the molecule is COc1cccc(C(=O)N2CCC(NC(=O)C(Cl)Cl)CC2)c1. The van der Waals surface area contributed by atoms with Crippen LogP contribution in [0.25, 0.3) is 0 Å². The quantitative estimate of drug-likeness (QED) is 0.852. The van der Waals surface area contributed by atoms with Crippen LogP contribution < -0.4 is 10.1 Å². The van der Waals surface area contributed by atoms with E-state index < -0.39 is 4.84 Å². The van der Waals surface area contributed by atoms with Crippen LogP contribution in [0.5, 0.6) is 5.75 Å². The van der Waals surface area contributed by atoms with Crippen molar-refractivity contribution in [1.29, 1.82) is 0 Å². The average Bonchev–Trinajstić information content (AvgIpc) is 2.54. The Morgan fingerprint density at radius 3 is 2.59 bits per heavy atom. The van der Waals surface area contributed by atoms with E-state index in [1.807, 2.05) is 0 Å². The van der Waals surface area contributed by atoms with Crippen molar-refractivity contribution >= 4 is 35.0 Å². The van der Waals surface area contributed by atoms with E-state index >= 15 is 0 Å². The van der Waals surface area contributed by atoms with Gasteiger partial charge in [0.25, 0.3) is 11.8 Å². The monoisotopic (exact) mass is 344 g/mol. The molecule has 0 aromatic heterocycles. The molecule has 0 aliphatic carbocycles. The van der Waals surface area contributed by atoms with E-state index in [-0.39, 0.29) is 17.9 Å². The Balaban J connectivity index is 1.90. The van der Waals surface area contributed by atoms with Gasteiger partial charge < -0.3 is 15.0 Å². The molecule has 0 bridgehead atoms. The topological polar surface area (TPSA) is 58.6 Å². The molecule has 1 aromatic carbocycles.